The van der Waals surface area contributed by atoms with Crippen molar-refractivity contribution in [1.29, 1.82) is 0 Å². The van der Waals surface area contributed by atoms with E-state index in [0.717, 1.165) is 56.2 Å². The Kier molecular flexibility index (Phi) is 8.26. The summed E-state index contributed by atoms with van der Waals surface area (Å²) in [5.74, 6) is -3.42. The van der Waals surface area contributed by atoms with Crippen molar-refractivity contribution in [2.24, 2.45) is 0 Å². The molecule has 5 amide bonds. The third-order valence-electron chi connectivity index (χ3n) is 6.88. The number of likely N-dealkylation sites (tertiary alicyclic amines) is 1. The van der Waals surface area contributed by atoms with Crippen molar-refractivity contribution < 1.29 is 48.1 Å². The van der Waals surface area contributed by atoms with Crippen LogP contribution in [0.5, 0.6) is 0 Å². The van der Waals surface area contributed by atoms with Gasteiger partial charge in [0.05, 0.1) is 12.0 Å². The van der Waals surface area contributed by atoms with Gasteiger partial charge in [0.15, 0.2) is 0 Å². The SMILES string of the molecule is O=C(CCN1C(=O)C=CC1=O)Nc1ccc2c(c1)C(COC(=O)CN1C(=O)CCC1=O)c1cc(SOOO)ccc1-2. The Hall–Kier alpha value is -4.37. The molecule has 41 heavy (non-hydrogen) atoms. The molecule has 1 aliphatic carbocycles. The van der Waals surface area contributed by atoms with Gasteiger partial charge < -0.3 is 10.1 Å². The van der Waals surface area contributed by atoms with E-state index in [0.29, 0.717) is 10.6 Å². The number of hydrogen-bond acceptors (Lipinski definition) is 11. The molecule has 1 unspecified atom stereocenters. The van der Waals surface area contributed by atoms with Crippen molar-refractivity contribution in [3.05, 3.63) is 59.7 Å². The number of rotatable bonds is 11. The number of ether oxygens (including phenoxy) is 1. The Bertz CT molecular complexity index is 1460. The first-order valence-electron chi connectivity index (χ1n) is 12.5. The largest absolute Gasteiger partial charge is 0.463 e. The number of fused-ring (bicyclic) bond motifs is 3. The van der Waals surface area contributed by atoms with Gasteiger partial charge in [-0.25, -0.2) is 5.26 Å². The standard InChI is InChI=1S/C27H23N3O10S/c31-22(9-10-29-23(32)5-6-24(29)33)28-15-1-3-17-18-4-2-16(41-40-39-37)12-20(18)21(19(17)11-15)14-38-27(36)13-30-25(34)7-8-26(30)35/h1-6,11-12,21,37H,7-10,13-14H2,(H,28,31). The lowest BCUT2D eigenvalue weighted by atomic mass is 9.97. The Morgan fingerprint density at radius 2 is 1.59 bits per heavy atom. The summed E-state index contributed by atoms with van der Waals surface area (Å²) < 4.78 is 10.0. The summed E-state index contributed by atoms with van der Waals surface area (Å²) in [5, 5.41) is 15.0. The maximum atomic E-state index is 12.6. The van der Waals surface area contributed by atoms with Crippen LogP contribution in [0.25, 0.3) is 11.1 Å². The van der Waals surface area contributed by atoms with E-state index in [9.17, 15) is 28.8 Å². The molecule has 5 rings (SSSR count). The molecule has 3 aliphatic rings. The van der Waals surface area contributed by atoms with Crippen molar-refractivity contribution in [3.63, 3.8) is 0 Å². The van der Waals surface area contributed by atoms with Crippen molar-refractivity contribution >= 4 is 53.2 Å². The maximum absolute atomic E-state index is 12.6. The molecule has 2 aliphatic heterocycles. The van der Waals surface area contributed by atoms with Crippen molar-refractivity contribution in [2.45, 2.75) is 30.1 Å². The summed E-state index contributed by atoms with van der Waals surface area (Å²) >= 11 is 0.766. The number of imide groups is 2. The summed E-state index contributed by atoms with van der Waals surface area (Å²) in [7, 11) is 0. The predicted octanol–water partition coefficient (Wildman–Crippen LogP) is 2.17. The molecule has 2 aromatic rings. The van der Waals surface area contributed by atoms with Crippen LogP contribution in [0.15, 0.2) is 53.4 Å². The predicted molar refractivity (Wildman–Crippen MR) is 140 cm³/mol. The molecule has 2 heterocycles. The van der Waals surface area contributed by atoms with Crippen LogP contribution in [-0.2, 0) is 42.9 Å². The molecule has 0 saturated carbocycles. The average Bonchev–Trinajstić information content (AvgIpc) is 3.56. The van der Waals surface area contributed by atoms with Crippen molar-refractivity contribution in [2.75, 3.05) is 25.0 Å². The minimum atomic E-state index is -0.740. The van der Waals surface area contributed by atoms with Gasteiger partial charge in [-0.05, 0) is 46.5 Å². The van der Waals surface area contributed by atoms with Crippen LogP contribution in [-0.4, -0.2) is 70.3 Å². The normalized spacial score (nSPS) is 17.3. The zero-order valence-electron chi connectivity index (χ0n) is 21.4. The fourth-order valence-corrected chi connectivity index (χ4v) is 5.35. The number of nitrogens with zero attached hydrogens (tertiary/aromatic N) is 2. The van der Waals surface area contributed by atoms with E-state index in [1.807, 2.05) is 12.1 Å². The van der Waals surface area contributed by atoms with Gasteiger partial charge in [0.1, 0.15) is 13.2 Å². The summed E-state index contributed by atoms with van der Waals surface area (Å²) in [6, 6.07) is 10.6. The molecular formula is C27H23N3O10S. The van der Waals surface area contributed by atoms with Gasteiger partial charge >= 0.3 is 5.97 Å². The number of amides is 5. The van der Waals surface area contributed by atoms with Gasteiger partial charge in [-0.15, -0.1) is 4.33 Å². The van der Waals surface area contributed by atoms with Crippen LogP contribution in [0.4, 0.5) is 5.69 Å². The molecule has 2 N–H and O–H groups in total. The third kappa shape index (κ3) is 6.05. The molecule has 1 atom stereocenters. The highest BCUT2D eigenvalue weighted by atomic mass is 32.2. The lowest BCUT2D eigenvalue weighted by Crippen LogP contribution is -2.35. The summed E-state index contributed by atoms with van der Waals surface area (Å²) in [5.41, 5.74) is 3.65. The quantitative estimate of drug-likeness (QED) is 0.131. The van der Waals surface area contributed by atoms with Gasteiger partial charge in [0.2, 0.25) is 17.7 Å². The number of carbonyl (C=O) groups excluding carboxylic acids is 6. The monoisotopic (exact) mass is 581 g/mol. The molecule has 0 spiro atoms. The molecule has 212 valence electrons. The molecular weight excluding hydrogens is 558 g/mol. The Labute approximate surface area is 237 Å². The van der Waals surface area contributed by atoms with Crippen LogP contribution in [0.2, 0.25) is 0 Å². The molecule has 1 saturated heterocycles. The lowest BCUT2D eigenvalue weighted by Gasteiger charge is -2.18. The average molecular weight is 582 g/mol. The fourth-order valence-electron chi connectivity index (χ4n) is 4.94. The Morgan fingerprint density at radius 3 is 2.27 bits per heavy atom. The Morgan fingerprint density at radius 1 is 0.927 bits per heavy atom. The number of nitrogens with one attached hydrogen (secondary N) is 1. The van der Waals surface area contributed by atoms with Crippen molar-refractivity contribution in [3.8, 4) is 11.1 Å². The second kappa shape index (κ2) is 12.0. The number of hydrogen-bond donors (Lipinski definition) is 2. The molecule has 13 nitrogen and oxygen atoms in total. The molecule has 0 bridgehead atoms. The van der Waals surface area contributed by atoms with Crippen LogP contribution < -0.4 is 5.32 Å². The van der Waals surface area contributed by atoms with Crippen LogP contribution in [0.3, 0.4) is 0 Å². The van der Waals surface area contributed by atoms with E-state index in [-0.39, 0.29) is 32.4 Å². The smallest absolute Gasteiger partial charge is 0.326 e. The first-order chi connectivity index (χ1) is 19.7. The van der Waals surface area contributed by atoms with Gasteiger partial charge in [0.25, 0.3) is 11.8 Å². The molecule has 0 radical (unpaired) electrons. The van der Waals surface area contributed by atoms with E-state index in [4.69, 9.17) is 9.99 Å². The van der Waals surface area contributed by atoms with Crippen LogP contribution >= 0.6 is 12.0 Å². The number of benzene rings is 2. The fraction of sp³-hybridized carbons (Fsp3) is 0.259. The van der Waals surface area contributed by atoms with Crippen LogP contribution in [0, 0.1) is 0 Å². The lowest BCUT2D eigenvalue weighted by molar-refractivity contribution is -0.432. The van der Waals surface area contributed by atoms with Gasteiger partial charge in [-0.2, -0.15) is 0 Å². The van der Waals surface area contributed by atoms with E-state index in [2.05, 4.69) is 14.7 Å². The number of carbonyl (C=O) groups is 6. The maximum Gasteiger partial charge on any atom is 0.326 e. The molecule has 0 aromatic heterocycles. The van der Waals surface area contributed by atoms with E-state index >= 15 is 0 Å². The van der Waals surface area contributed by atoms with Gasteiger partial charge in [-0.1, -0.05) is 17.2 Å². The summed E-state index contributed by atoms with van der Waals surface area (Å²) in [6.45, 7) is -0.660. The van der Waals surface area contributed by atoms with Crippen LogP contribution in [0.1, 0.15) is 36.3 Å². The van der Waals surface area contributed by atoms with Gasteiger partial charge in [-0.3, -0.25) is 38.6 Å². The third-order valence-corrected chi connectivity index (χ3v) is 7.45. The first kappa shape index (κ1) is 28.2. The molecule has 2 aromatic carbocycles. The molecule has 14 heteroatoms. The minimum Gasteiger partial charge on any atom is -0.463 e. The van der Waals surface area contributed by atoms with Gasteiger partial charge in [0, 0.05) is 54.5 Å². The first-order valence-corrected chi connectivity index (χ1v) is 13.2. The van der Waals surface area contributed by atoms with Crippen molar-refractivity contribution in [1.82, 2.24) is 9.80 Å². The summed E-state index contributed by atoms with van der Waals surface area (Å²) in [6.07, 6.45) is 2.33. The highest BCUT2D eigenvalue weighted by Gasteiger charge is 2.33. The second-order valence-electron chi connectivity index (χ2n) is 9.35. The zero-order chi connectivity index (χ0) is 29.1. The highest BCUT2D eigenvalue weighted by molar-refractivity contribution is 7.94. The number of esters is 1. The zero-order valence-corrected chi connectivity index (χ0v) is 22.2. The van der Waals surface area contributed by atoms with E-state index in [1.165, 1.54) is 0 Å². The van der Waals surface area contributed by atoms with E-state index in [1.54, 1.807) is 24.3 Å². The van der Waals surface area contributed by atoms with E-state index < -0.39 is 48.0 Å². The second-order valence-corrected chi connectivity index (χ2v) is 10.1. The topological polar surface area (TPSA) is 169 Å². The highest BCUT2D eigenvalue weighted by Crippen LogP contribution is 2.47. The summed E-state index contributed by atoms with van der Waals surface area (Å²) in [4.78, 5) is 74.9. The number of anilines is 1. The molecule has 1 fully saturated rings. The Balaban J connectivity index is 1.32. The minimum absolute atomic E-state index is 0.0611.